The third-order valence-electron chi connectivity index (χ3n) is 2.78. The second kappa shape index (κ2) is 4.08. The second-order valence-corrected chi connectivity index (χ2v) is 4.24. The van der Waals surface area contributed by atoms with Crippen LogP contribution in [0.25, 0.3) is 0 Å². The average Bonchev–Trinajstić information content (AvgIpc) is 2.70. The third kappa shape index (κ3) is 1.73. The number of fused-ring (bicyclic) bond motifs is 1. The lowest BCUT2D eigenvalue weighted by molar-refractivity contribution is -0.127. The van der Waals surface area contributed by atoms with Crippen LogP contribution < -0.4 is 0 Å². The number of carbonyl (C=O) groups is 1. The van der Waals surface area contributed by atoms with Gasteiger partial charge in [-0.05, 0) is 6.08 Å². The third-order valence-corrected chi connectivity index (χ3v) is 2.78. The summed E-state index contributed by atoms with van der Waals surface area (Å²) < 4.78 is 2.11. The minimum Gasteiger partial charge on any atom is -0.330 e. The van der Waals surface area contributed by atoms with Gasteiger partial charge in [-0.1, -0.05) is 20.4 Å². The SMILES string of the molecule is C=CC(=O)N1CCn2c(nnc2C(C)C)C1. The standard InChI is InChI=1S/C11H16N4O/c1-4-10(16)14-5-6-15-9(7-14)12-13-11(15)8(2)3/h4,8H,1,5-7H2,2-3H3. The fourth-order valence-electron chi connectivity index (χ4n) is 1.92. The van der Waals surface area contributed by atoms with E-state index in [2.05, 4.69) is 35.2 Å². The number of rotatable bonds is 2. The first-order valence-electron chi connectivity index (χ1n) is 5.46. The molecule has 2 rings (SSSR count). The molecule has 0 spiro atoms. The number of nitrogens with zero attached hydrogens (tertiary/aromatic N) is 4. The Hall–Kier alpha value is -1.65. The van der Waals surface area contributed by atoms with E-state index in [9.17, 15) is 4.79 Å². The van der Waals surface area contributed by atoms with Gasteiger partial charge in [0, 0.05) is 19.0 Å². The molecule has 0 saturated heterocycles. The predicted octanol–water partition coefficient (Wildman–Crippen LogP) is 0.930. The van der Waals surface area contributed by atoms with Crippen molar-refractivity contribution in [2.75, 3.05) is 6.54 Å². The number of hydrogen-bond donors (Lipinski definition) is 0. The molecule has 0 fully saturated rings. The first-order chi connectivity index (χ1) is 7.63. The van der Waals surface area contributed by atoms with Gasteiger partial charge in [0.05, 0.1) is 6.54 Å². The topological polar surface area (TPSA) is 51.0 Å². The summed E-state index contributed by atoms with van der Waals surface area (Å²) in [5, 5.41) is 8.30. The van der Waals surface area contributed by atoms with Gasteiger partial charge >= 0.3 is 0 Å². The summed E-state index contributed by atoms with van der Waals surface area (Å²) >= 11 is 0. The van der Waals surface area contributed by atoms with Crippen molar-refractivity contribution in [3.63, 3.8) is 0 Å². The van der Waals surface area contributed by atoms with Crippen LogP contribution in [0.4, 0.5) is 0 Å². The minimum atomic E-state index is -0.0413. The van der Waals surface area contributed by atoms with Crippen LogP contribution in [-0.2, 0) is 17.9 Å². The molecule has 5 heteroatoms. The Bertz CT molecular complexity index is 422. The first kappa shape index (κ1) is 10.9. The summed E-state index contributed by atoms with van der Waals surface area (Å²) in [4.78, 5) is 13.2. The van der Waals surface area contributed by atoms with Gasteiger partial charge in [0.25, 0.3) is 0 Å². The molecule has 0 aromatic carbocycles. The van der Waals surface area contributed by atoms with Crippen LogP contribution in [0.5, 0.6) is 0 Å². The number of hydrogen-bond acceptors (Lipinski definition) is 3. The Kier molecular flexibility index (Phi) is 2.77. The van der Waals surface area contributed by atoms with Gasteiger partial charge in [-0.15, -0.1) is 10.2 Å². The van der Waals surface area contributed by atoms with E-state index in [-0.39, 0.29) is 5.91 Å². The molecule has 1 aliphatic rings. The van der Waals surface area contributed by atoms with Crippen molar-refractivity contribution < 1.29 is 4.79 Å². The fraction of sp³-hybridized carbons (Fsp3) is 0.545. The predicted molar refractivity (Wildman–Crippen MR) is 59.7 cm³/mol. The molecule has 0 bridgehead atoms. The number of amides is 1. The van der Waals surface area contributed by atoms with Crippen molar-refractivity contribution in [1.82, 2.24) is 19.7 Å². The molecule has 0 saturated carbocycles. The van der Waals surface area contributed by atoms with Crippen molar-refractivity contribution in [1.29, 1.82) is 0 Å². The maximum atomic E-state index is 11.5. The van der Waals surface area contributed by atoms with Gasteiger partial charge in [-0.3, -0.25) is 4.79 Å². The highest BCUT2D eigenvalue weighted by atomic mass is 16.2. The zero-order valence-corrected chi connectivity index (χ0v) is 9.68. The molecule has 0 atom stereocenters. The zero-order valence-electron chi connectivity index (χ0n) is 9.68. The van der Waals surface area contributed by atoms with E-state index in [1.165, 1.54) is 6.08 Å². The Labute approximate surface area is 94.8 Å². The van der Waals surface area contributed by atoms with Crippen molar-refractivity contribution in [3.8, 4) is 0 Å². The summed E-state index contributed by atoms with van der Waals surface area (Å²) in [6.07, 6.45) is 1.34. The number of aromatic nitrogens is 3. The van der Waals surface area contributed by atoms with Gasteiger partial charge < -0.3 is 9.47 Å². The van der Waals surface area contributed by atoms with Crippen molar-refractivity contribution in [2.45, 2.75) is 32.9 Å². The molecule has 16 heavy (non-hydrogen) atoms. The van der Waals surface area contributed by atoms with Gasteiger partial charge in [-0.2, -0.15) is 0 Å². The van der Waals surface area contributed by atoms with E-state index in [0.717, 1.165) is 18.2 Å². The first-order valence-corrected chi connectivity index (χ1v) is 5.46. The minimum absolute atomic E-state index is 0.0413. The Morgan fingerprint density at radius 3 is 2.81 bits per heavy atom. The molecule has 2 heterocycles. The second-order valence-electron chi connectivity index (χ2n) is 4.24. The van der Waals surface area contributed by atoms with Crippen LogP contribution in [0.15, 0.2) is 12.7 Å². The lowest BCUT2D eigenvalue weighted by Gasteiger charge is -2.27. The average molecular weight is 220 g/mol. The van der Waals surface area contributed by atoms with Crippen LogP contribution in [0.1, 0.15) is 31.4 Å². The quantitative estimate of drug-likeness (QED) is 0.697. The molecule has 0 radical (unpaired) electrons. The van der Waals surface area contributed by atoms with E-state index in [4.69, 9.17) is 0 Å². The van der Waals surface area contributed by atoms with Gasteiger partial charge in [0.15, 0.2) is 5.82 Å². The van der Waals surface area contributed by atoms with E-state index < -0.39 is 0 Å². The van der Waals surface area contributed by atoms with Crippen molar-refractivity contribution in [2.24, 2.45) is 0 Å². The molecule has 1 aromatic rings. The van der Waals surface area contributed by atoms with Crippen LogP contribution in [-0.4, -0.2) is 32.1 Å². The summed E-state index contributed by atoms with van der Waals surface area (Å²) in [6.45, 7) is 9.69. The van der Waals surface area contributed by atoms with Crippen LogP contribution in [0, 0.1) is 0 Å². The molecule has 1 aliphatic heterocycles. The molecular formula is C11H16N4O. The lowest BCUT2D eigenvalue weighted by atomic mass is 10.2. The highest BCUT2D eigenvalue weighted by molar-refractivity contribution is 5.86. The lowest BCUT2D eigenvalue weighted by Crippen LogP contribution is -2.37. The molecule has 0 N–H and O–H groups in total. The van der Waals surface area contributed by atoms with Gasteiger partial charge in [0.2, 0.25) is 5.91 Å². The largest absolute Gasteiger partial charge is 0.330 e. The van der Waals surface area contributed by atoms with Crippen LogP contribution >= 0.6 is 0 Å². The van der Waals surface area contributed by atoms with E-state index >= 15 is 0 Å². The van der Waals surface area contributed by atoms with Crippen LogP contribution in [0.3, 0.4) is 0 Å². The molecular weight excluding hydrogens is 204 g/mol. The Morgan fingerprint density at radius 2 is 2.19 bits per heavy atom. The summed E-state index contributed by atoms with van der Waals surface area (Å²) in [5.74, 6) is 2.19. The van der Waals surface area contributed by atoms with Crippen molar-refractivity contribution in [3.05, 3.63) is 24.3 Å². The molecule has 1 aromatic heterocycles. The Balaban J connectivity index is 2.23. The van der Waals surface area contributed by atoms with Gasteiger partial charge in [0.1, 0.15) is 5.82 Å². The zero-order chi connectivity index (χ0) is 11.7. The Morgan fingerprint density at radius 1 is 1.44 bits per heavy atom. The number of carbonyl (C=O) groups excluding carboxylic acids is 1. The maximum Gasteiger partial charge on any atom is 0.246 e. The monoisotopic (exact) mass is 220 g/mol. The van der Waals surface area contributed by atoms with Crippen molar-refractivity contribution >= 4 is 5.91 Å². The molecule has 5 nitrogen and oxygen atoms in total. The summed E-state index contributed by atoms with van der Waals surface area (Å²) in [7, 11) is 0. The van der Waals surface area contributed by atoms with E-state index in [1.807, 2.05) is 0 Å². The normalized spacial score (nSPS) is 15.1. The van der Waals surface area contributed by atoms with E-state index in [0.29, 0.717) is 19.0 Å². The molecule has 0 unspecified atom stereocenters. The molecule has 1 amide bonds. The highest BCUT2D eigenvalue weighted by Gasteiger charge is 2.23. The summed E-state index contributed by atoms with van der Waals surface area (Å²) in [5.41, 5.74) is 0. The maximum absolute atomic E-state index is 11.5. The molecule has 86 valence electrons. The smallest absolute Gasteiger partial charge is 0.246 e. The van der Waals surface area contributed by atoms with Crippen LogP contribution in [0.2, 0.25) is 0 Å². The molecule has 0 aliphatic carbocycles. The fourth-order valence-corrected chi connectivity index (χ4v) is 1.92. The highest BCUT2D eigenvalue weighted by Crippen LogP contribution is 2.18. The van der Waals surface area contributed by atoms with Gasteiger partial charge in [-0.25, -0.2) is 0 Å². The van der Waals surface area contributed by atoms with E-state index in [1.54, 1.807) is 4.90 Å². The summed E-state index contributed by atoms with van der Waals surface area (Å²) in [6, 6.07) is 0.